The number of likely N-dealkylation sites (tertiary alicyclic amines) is 1. The van der Waals surface area contributed by atoms with E-state index in [4.69, 9.17) is 9.26 Å². The summed E-state index contributed by atoms with van der Waals surface area (Å²) >= 11 is 0. The number of piperidine rings is 1. The SMILES string of the molecule is O=C([C@H]1CCOC1)N1CCC[C@@H](c2nc(-c3cccc(F)c3)no2)C1. The van der Waals surface area contributed by atoms with Gasteiger partial charge in [-0.25, -0.2) is 4.39 Å². The van der Waals surface area contributed by atoms with Crippen LogP contribution in [0, 0.1) is 11.7 Å². The molecule has 2 fully saturated rings. The number of aromatic nitrogens is 2. The largest absolute Gasteiger partial charge is 0.381 e. The average molecular weight is 345 g/mol. The maximum Gasteiger partial charge on any atom is 0.231 e. The highest BCUT2D eigenvalue weighted by Gasteiger charge is 2.33. The van der Waals surface area contributed by atoms with Crippen molar-refractivity contribution < 1.29 is 18.4 Å². The average Bonchev–Trinajstić information content (AvgIpc) is 3.33. The summed E-state index contributed by atoms with van der Waals surface area (Å²) in [5, 5.41) is 3.97. The van der Waals surface area contributed by atoms with Crippen LogP contribution in [-0.4, -0.2) is 47.3 Å². The quantitative estimate of drug-likeness (QED) is 0.855. The van der Waals surface area contributed by atoms with Gasteiger partial charge in [-0.1, -0.05) is 17.3 Å². The van der Waals surface area contributed by atoms with Crippen LogP contribution >= 0.6 is 0 Å². The Morgan fingerprint density at radius 2 is 2.24 bits per heavy atom. The first-order chi connectivity index (χ1) is 12.2. The summed E-state index contributed by atoms with van der Waals surface area (Å²) in [6.45, 7) is 2.52. The normalized spacial score (nSPS) is 23.8. The summed E-state index contributed by atoms with van der Waals surface area (Å²) < 4.78 is 24.1. The van der Waals surface area contributed by atoms with E-state index in [0.717, 1.165) is 25.8 Å². The fourth-order valence-corrected chi connectivity index (χ4v) is 3.51. The van der Waals surface area contributed by atoms with Crippen molar-refractivity contribution >= 4 is 5.91 Å². The monoisotopic (exact) mass is 345 g/mol. The van der Waals surface area contributed by atoms with E-state index in [1.54, 1.807) is 12.1 Å². The number of hydrogen-bond acceptors (Lipinski definition) is 5. The van der Waals surface area contributed by atoms with Gasteiger partial charge in [0.05, 0.1) is 18.4 Å². The fraction of sp³-hybridized carbons (Fsp3) is 0.500. The highest BCUT2D eigenvalue weighted by atomic mass is 19.1. The third-order valence-corrected chi connectivity index (χ3v) is 4.89. The van der Waals surface area contributed by atoms with Gasteiger partial charge < -0.3 is 14.2 Å². The lowest BCUT2D eigenvalue weighted by molar-refractivity contribution is -0.136. The Bertz CT molecular complexity index is 758. The van der Waals surface area contributed by atoms with Gasteiger partial charge in [-0.05, 0) is 31.4 Å². The van der Waals surface area contributed by atoms with Crippen LogP contribution in [0.5, 0.6) is 0 Å². The molecular weight excluding hydrogens is 325 g/mol. The second-order valence-corrected chi connectivity index (χ2v) is 6.65. The Morgan fingerprint density at radius 1 is 1.32 bits per heavy atom. The molecule has 1 aromatic heterocycles. The zero-order chi connectivity index (χ0) is 17.2. The highest BCUT2D eigenvalue weighted by Crippen LogP contribution is 2.29. The summed E-state index contributed by atoms with van der Waals surface area (Å²) in [6.07, 6.45) is 2.60. The molecule has 0 unspecified atom stereocenters. The van der Waals surface area contributed by atoms with E-state index < -0.39 is 0 Å². The van der Waals surface area contributed by atoms with E-state index in [1.807, 2.05) is 4.90 Å². The molecule has 2 saturated heterocycles. The van der Waals surface area contributed by atoms with Crippen molar-refractivity contribution in [3.63, 3.8) is 0 Å². The fourth-order valence-electron chi connectivity index (χ4n) is 3.51. The summed E-state index contributed by atoms with van der Waals surface area (Å²) in [5.41, 5.74) is 0.585. The minimum Gasteiger partial charge on any atom is -0.381 e. The van der Waals surface area contributed by atoms with E-state index in [0.29, 0.717) is 37.0 Å². The van der Waals surface area contributed by atoms with Gasteiger partial charge in [-0.15, -0.1) is 0 Å². The predicted molar refractivity (Wildman–Crippen MR) is 87.2 cm³/mol. The molecule has 2 aliphatic heterocycles. The van der Waals surface area contributed by atoms with Crippen LogP contribution in [0.4, 0.5) is 4.39 Å². The molecule has 4 rings (SSSR count). The Labute approximate surface area is 145 Å². The molecule has 25 heavy (non-hydrogen) atoms. The number of amides is 1. The second kappa shape index (κ2) is 6.92. The smallest absolute Gasteiger partial charge is 0.231 e. The first kappa shape index (κ1) is 16.2. The number of halogens is 1. The molecule has 2 atom stereocenters. The number of benzene rings is 1. The van der Waals surface area contributed by atoms with E-state index in [1.165, 1.54) is 12.1 Å². The standard InChI is InChI=1S/C18H20FN3O3/c19-15-5-1-3-12(9-15)16-20-17(25-21-16)13-4-2-7-22(10-13)18(23)14-6-8-24-11-14/h1,3,5,9,13-14H,2,4,6-8,10-11H2/t13-,14+/m1/s1. The van der Waals surface area contributed by atoms with Crippen molar-refractivity contribution in [1.29, 1.82) is 0 Å². The minimum atomic E-state index is -0.336. The summed E-state index contributed by atoms with van der Waals surface area (Å²) in [4.78, 5) is 18.9. The van der Waals surface area contributed by atoms with E-state index in [2.05, 4.69) is 10.1 Å². The van der Waals surface area contributed by atoms with Gasteiger partial charge in [-0.2, -0.15) is 4.98 Å². The first-order valence-corrected chi connectivity index (χ1v) is 8.67. The van der Waals surface area contributed by atoms with E-state index in [-0.39, 0.29) is 23.6 Å². The zero-order valence-electron chi connectivity index (χ0n) is 13.9. The van der Waals surface area contributed by atoms with Crippen molar-refractivity contribution in [2.24, 2.45) is 5.92 Å². The molecule has 0 radical (unpaired) electrons. The van der Waals surface area contributed by atoms with E-state index in [9.17, 15) is 9.18 Å². The molecular formula is C18H20FN3O3. The third-order valence-electron chi connectivity index (χ3n) is 4.89. The first-order valence-electron chi connectivity index (χ1n) is 8.67. The third kappa shape index (κ3) is 3.42. The number of carbonyl (C=O) groups is 1. The van der Waals surface area contributed by atoms with Crippen LogP contribution in [-0.2, 0) is 9.53 Å². The molecule has 3 heterocycles. The molecule has 1 aromatic carbocycles. The molecule has 0 N–H and O–H groups in total. The van der Waals surface area contributed by atoms with Crippen molar-refractivity contribution in [2.45, 2.75) is 25.2 Å². The van der Waals surface area contributed by atoms with Crippen LogP contribution in [0.15, 0.2) is 28.8 Å². The molecule has 132 valence electrons. The van der Waals surface area contributed by atoms with Crippen molar-refractivity contribution in [3.8, 4) is 11.4 Å². The lowest BCUT2D eigenvalue weighted by atomic mass is 9.96. The van der Waals surface area contributed by atoms with Crippen LogP contribution in [0.25, 0.3) is 11.4 Å². The predicted octanol–water partition coefficient (Wildman–Crippen LogP) is 2.62. The van der Waals surface area contributed by atoms with Gasteiger partial charge in [0.25, 0.3) is 0 Å². The zero-order valence-corrected chi connectivity index (χ0v) is 13.9. The molecule has 2 aromatic rings. The molecule has 6 nitrogen and oxygen atoms in total. The molecule has 0 spiro atoms. The maximum absolute atomic E-state index is 13.4. The Kier molecular flexibility index (Phi) is 4.48. The van der Waals surface area contributed by atoms with Crippen LogP contribution < -0.4 is 0 Å². The molecule has 7 heteroatoms. The molecule has 1 amide bonds. The van der Waals surface area contributed by atoms with Gasteiger partial charge in [0.1, 0.15) is 5.82 Å². The number of nitrogens with zero attached hydrogens (tertiary/aromatic N) is 3. The lowest BCUT2D eigenvalue weighted by Gasteiger charge is -2.32. The topological polar surface area (TPSA) is 68.5 Å². The number of carbonyl (C=O) groups excluding carboxylic acids is 1. The summed E-state index contributed by atoms with van der Waals surface area (Å²) in [5.74, 6) is 0.713. The second-order valence-electron chi connectivity index (χ2n) is 6.65. The summed E-state index contributed by atoms with van der Waals surface area (Å²) in [7, 11) is 0. The number of ether oxygens (including phenoxy) is 1. The van der Waals surface area contributed by atoms with Crippen molar-refractivity contribution in [1.82, 2.24) is 15.0 Å². The van der Waals surface area contributed by atoms with Gasteiger partial charge in [0.2, 0.25) is 17.6 Å². The van der Waals surface area contributed by atoms with Gasteiger partial charge in [0, 0.05) is 25.3 Å². The van der Waals surface area contributed by atoms with Gasteiger partial charge in [-0.3, -0.25) is 4.79 Å². The molecule has 0 aliphatic carbocycles. The van der Waals surface area contributed by atoms with Crippen molar-refractivity contribution in [3.05, 3.63) is 36.0 Å². The maximum atomic E-state index is 13.4. The van der Waals surface area contributed by atoms with Crippen molar-refractivity contribution in [2.75, 3.05) is 26.3 Å². The number of hydrogen-bond donors (Lipinski definition) is 0. The highest BCUT2D eigenvalue weighted by molar-refractivity contribution is 5.79. The Hall–Kier alpha value is -2.28. The minimum absolute atomic E-state index is 0.0230. The lowest BCUT2D eigenvalue weighted by Crippen LogP contribution is -2.42. The Morgan fingerprint density at radius 3 is 3.04 bits per heavy atom. The molecule has 2 aliphatic rings. The molecule has 0 bridgehead atoms. The van der Waals surface area contributed by atoms with Gasteiger partial charge >= 0.3 is 0 Å². The van der Waals surface area contributed by atoms with Crippen LogP contribution in [0.1, 0.15) is 31.1 Å². The van der Waals surface area contributed by atoms with E-state index >= 15 is 0 Å². The number of rotatable bonds is 3. The Balaban J connectivity index is 1.47. The van der Waals surface area contributed by atoms with Crippen LogP contribution in [0.2, 0.25) is 0 Å². The summed E-state index contributed by atoms with van der Waals surface area (Å²) in [6, 6.07) is 6.12. The van der Waals surface area contributed by atoms with Crippen LogP contribution in [0.3, 0.4) is 0 Å². The van der Waals surface area contributed by atoms with Gasteiger partial charge in [0.15, 0.2) is 0 Å². The molecule has 0 saturated carbocycles.